The molecule has 152 valence electrons. The Morgan fingerprint density at radius 1 is 1.07 bits per heavy atom. The smallest absolute Gasteiger partial charge is 0.305 e. The highest BCUT2D eigenvalue weighted by atomic mass is 16.4. The second-order valence-corrected chi connectivity index (χ2v) is 6.37. The highest BCUT2D eigenvalue weighted by Crippen LogP contribution is 2.10. The van der Waals surface area contributed by atoms with Crippen molar-refractivity contribution in [2.45, 2.75) is 32.4 Å². The maximum atomic E-state index is 12.3. The van der Waals surface area contributed by atoms with Crippen LogP contribution in [0.2, 0.25) is 0 Å². The van der Waals surface area contributed by atoms with Crippen LogP contribution in [-0.4, -0.2) is 58.8 Å². The van der Waals surface area contributed by atoms with Crippen LogP contribution in [0.5, 0.6) is 5.75 Å². The molecule has 2 atom stereocenters. The van der Waals surface area contributed by atoms with E-state index in [0.29, 0.717) is 6.29 Å². The molecule has 0 radical (unpaired) electrons. The van der Waals surface area contributed by atoms with Crippen molar-refractivity contribution < 1.29 is 34.2 Å². The van der Waals surface area contributed by atoms with Crippen LogP contribution in [-0.2, 0) is 19.2 Å². The zero-order chi connectivity index (χ0) is 21.3. The molecule has 0 spiro atoms. The van der Waals surface area contributed by atoms with E-state index in [4.69, 9.17) is 5.11 Å². The minimum absolute atomic E-state index is 0.00255. The minimum atomic E-state index is -1.25. The number of carboxylic acids is 1. The van der Waals surface area contributed by atoms with E-state index in [2.05, 4.69) is 16.0 Å². The third kappa shape index (κ3) is 7.44. The molecule has 10 heteroatoms. The summed E-state index contributed by atoms with van der Waals surface area (Å²) in [5.74, 6) is -3.42. The third-order valence-corrected chi connectivity index (χ3v) is 3.69. The Bertz CT molecular complexity index is 731. The average molecular weight is 393 g/mol. The summed E-state index contributed by atoms with van der Waals surface area (Å²) in [7, 11) is 0. The molecule has 0 aliphatic carbocycles. The number of carbonyl (C=O) groups excluding carboxylic acids is 4. The van der Waals surface area contributed by atoms with Gasteiger partial charge in [0.2, 0.25) is 11.8 Å². The standard InChI is InChI=1S/C18H23N3O7/c1-10(2)16(21-17(27)11-3-5-13(23)6-4-11)18(28)19-8-14(24)20-12(9-22)7-15(25)26/h3-6,9-10,12,16,23H,7-8H2,1-2H3,(H,19,28)(H,20,24)(H,21,27)(H,25,26)/t12-,16?/m0/s1. The lowest BCUT2D eigenvalue weighted by atomic mass is 10.0. The van der Waals surface area contributed by atoms with Crippen LogP contribution in [0.1, 0.15) is 30.6 Å². The summed E-state index contributed by atoms with van der Waals surface area (Å²) in [5.41, 5.74) is 0.247. The summed E-state index contributed by atoms with van der Waals surface area (Å²) in [6.07, 6.45) is -0.275. The number of aliphatic carboxylic acids is 1. The fourth-order valence-corrected chi connectivity index (χ4v) is 2.23. The maximum absolute atomic E-state index is 12.3. The molecule has 0 aliphatic heterocycles. The lowest BCUT2D eigenvalue weighted by molar-refractivity contribution is -0.139. The summed E-state index contributed by atoms with van der Waals surface area (Å²) in [5, 5.41) is 25.0. The van der Waals surface area contributed by atoms with Crippen LogP contribution in [0.3, 0.4) is 0 Å². The second kappa shape index (κ2) is 10.7. The normalized spacial score (nSPS) is 12.5. The van der Waals surface area contributed by atoms with Gasteiger partial charge in [0.1, 0.15) is 18.1 Å². The van der Waals surface area contributed by atoms with Crippen molar-refractivity contribution in [3.63, 3.8) is 0 Å². The molecule has 5 N–H and O–H groups in total. The van der Waals surface area contributed by atoms with Crippen LogP contribution in [0, 0.1) is 5.92 Å². The number of rotatable bonds is 10. The summed E-state index contributed by atoms with van der Waals surface area (Å²) in [6, 6.07) is 3.34. The number of nitrogens with one attached hydrogen (secondary N) is 3. The fraction of sp³-hybridized carbons (Fsp3) is 0.389. The Labute approximate surface area is 161 Å². The zero-order valence-corrected chi connectivity index (χ0v) is 15.5. The third-order valence-electron chi connectivity index (χ3n) is 3.69. The van der Waals surface area contributed by atoms with Crippen molar-refractivity contribution in [2.75, 3.05) is 6.54 Å². The van der Waals surface area contributed by atoms with Crippen LogP contribution < -0.4 is 16.0 Å². The summed E-state index contributed by atoms with van der Waals surface area (Å²) < 4.78 is 0. The SMILES string of the molecule is CC(C)C(NC(=O)c1ccc(O)cc1)C(=O)NCC(=O)N[C@H](C=O)CC(=O)O. The number of aldehydes is 1. The van der Waals surface area contributed by atoms with Gasteiger partial charge in [-0.05, 0) is 30.2 Å². The Morgan fingerprint density at radius 2 is 1.68 bits per heavy atom. The monoisotopic (exact) mass is 393 g/mol. The summed E-state index contributed by atoms with van der Waals surface area (Å²) >= 11 is 0. The van der Waals surface area contributed by atoms with Crippen LogP contribution in [0.25, 0.3) is 0 Å². The Hall–Kier alpha value is -3.43. The van der Waals surface area contributed by atoms with E-state index >= 15 is 0 Å². The van der Waals surface area contributed by atoms with Crippen molar-refractivity contribution in [2.24, 2.45) is 5.92 Å². The summed E-state index contributed by atoms with van der Waals surface area (Å²) in [4.78, 5) is 57.7. The first-order valence-corrected chi connectivity index (χ1v) is 8.48. The molecule has 0 bridgehead atoms. The molecule has 10 nitrogen and oxygen atoms in total. The lowest BCUT2D eigenvalue weighted by Gasteiger charge is -2.22. The van der Waals surface area contributed by atoms with E-state index in [1.165, 1.54) is 24.3 Å². The molecule has 1 unspecified atom stereocenters. The van der Waals surface area contributed by atoms with Gasteiger partial charge >= 0.3 is 5.97 Å². The molecular formula is C18H23N3O7. The van der Waals surface area contributed by atoms with Gasteiger partial charge in [-0.1, -0.05) is 13.8 Å². The largest absolute Gasteiger partial charge is 0.508 e. The van der Waals surface area contributed by atoms with E-state index in [1.807, 2.05) is 0 Å². The number of hydrogen-bond donors (Lipinski definition) is 5. The molecule has 0 aliphatic rings. The van der Waals surface area contributed by atoms with Gasteiger partial charge in [-0.25, -0.2) is 0 Å². The van der Waals surface area contributed by atoms with E-state index in [9.17, 15) is 29.1 Å². The van der Waals surface area contributed by atoms with E-state index in [0.717, 1.165) is 0 Å². The molecule has 0 saturated heterocycles. The van der Waals surface area contributed by atoms with Crippen molar-refractivity contribution in [3.8, 4) is 5.75 Å². The van der Waals surface area contributed by atoms with Crippen LogP contribution in [0.4, 0.5) is 0 Å². The predicted molar refractivity (Wildman–Crippen MR) is 97.5 cm³/mol. The van der Waals surface area contributed by atoms with Gasteiger partial charge in [0, 0.05) is 5.56 Å². The van der Waals surface area contributed by atoms with Gasteiger partial charge in [0.15, 0.2) is 0 Å². The molecular weight excluding hydrogens is 370 g/mol. The number of benzene rings is 1. The molecule has 1 aromatic carbocycles. The van der Waals surface area contributed by atoms with Gasteiger partial charge < -0.3 is 31.0 Å². The van der Waals surface area contributed by atoms with Crippen molar-refractivity contribution in [1.29, 1.82) is 0 Å². The molecule has 0 saturated carbocycles. The molecule has 3 amide bonds. The molecule has 28 heavy (non-hydrogen) atoms. The van der Waals surface area contributed by atoms with Crippen LogP contribution in [0.15, 0.2) is 24.3 Å². The molecule has 1 rings (SSSR count). The Morgan fingerprint density at radius 3 is 2.18 bits per heavy atom. The van der Waals surface area contributed by atoms with Gasteiger partial charge in [-0.3, -0.25) is 19.2 Å². The number of carboxylic acid groups (broad SMARTS) is 1. The highest BCUT2D eigenvalue weighted by molar-refractivity contribution is 5.98. The van der Waals surface area contributed by atoms with Crippen molar-refractivity contribution in [3.05, 3.63) is 29.8 Å². The number of amides is 3. The molecule has 0 fully saturated rings. The highest BCUT2D eigenvalue weighted by Gasteiger charge is 2.25. The van der Waals surface area contributed by atoms with Gasteiger partial charge in [-0.2, -0.15) is 0 Å². The predicted octanol–water partition coefficient (Wildman–Crippen LogP) is -0.579. The van der Waals surface area contributed by atoms with Gasteiger partial charge in [0.25, 0.3) is 5.91 Å². The second-order valence-electron chi connectivity index (χ2n) is 6.37. The van der Waals surface area contributed by atoms with Crippen molar-refractivity contribution >= 4 is 30.0 Å². The number of phenolic OH excluding ortho intramolecular Hbond substituents is 1. The number of phenols is 1. The number of aromatic hydroxyl groups is 1. The van der Waals surface area contributed by atoms with E-state index in [-0.39, 0.29) is 17.2 Å². The first kappa shape index (κ1) is 22.6. The first-order valence-electron chi connectivity index (χ1n) is 8.48. The van der Waals surface area contributed by atoms with Gasteiger partial charge in [-0.15, -0.1) is 0 Å². The van der Waals surface area contributed by atoms with Gasteiger partial charge in [0.05, 0.1) is 19.0 Å². The van der Waals surface area contributed by atoms with E-state index < -0.39 is 48.7 Å². The Kier molecular flexibility index (Phi) is 8.60. The summed E-state index contributed by atoms with van der Waals surface area (Å²) in [6.45, 7) is 2.93. The fourth-order valence-electron chi connectivity index (χ4n) is 2.23. The maximum Gasteiger partial charge on any atom is 0.305 e. The van der Waals surface area contributed by atoms with Crippen LogP contribution >= 0.6 is 0 Å². The lowest BCUT2D eigenvalue weighted by Crippen LogP contribution is -2.52. The molecule has 0 aromatic heterocycles. The van der Waals surface area contributed by atoms with E-state index in [1.54, 1.807) is 13.8 Å². The van der Waals surface area contributed by atoms with Crippen molar-refractivity contribution in [1.82, 2.24) is 16.0 Å². The minimum Gasteiger partial charge on any atom is -0.508 e. The molecule has 0 heterocycles. The first-order chi connectivity index (χ1) is 13.1. The topological polar surface area (TPSA) is 162 Å². The quantitative estimate of drug-likeness (QED) is 0.332. The number of carbonyl (C=O) groups is 5. The molecule has 1 aromatic rings. The average Bonchev–Trinajstić information content (AvgIpc) is 2.63. The zero-order valence-electron chi connectivity index (χ0n) is 15.5. The number of hydrogen-bond acceptors (Lipinski definition) is 6. The Balaban J connectivity index is 2.63.